The fourth-order valence-corrected chi connectivity index (χ4v) is 5.30. The molecule has 3 atom stereocenters. The number of para-hydroxylation sites is 1. The SMILES string of the molecule is Cc1ccc(N2C(=O)C3ON(c4ccccc4)C(c4ccc(-c5ccc(Cl)cc5Cl)o4)C3C2=O)cc1. The van der Waals surface area contributed by atoms with Gasteiger partial charge in [0.05, 0.1) is 16.4 Å². The van der Waals surface area contributed by atoms with E-state index in [4.69, 9.17) is 32.5 Å². The highest BCUT2D eigenvalue weighted by Crippen LogP contribution is 2.48. The molecule has 3 heterocycles. The molecule has 0 N–H and O–H groups in total. The summed E-state index contributed by atoms with van der Waals surface area (Å²) in [6.45, 7) is 1.95. The third-order valence-electron chi connectivity index (χ3n) is 6.53. The Labute approximate surface area is 217 Å². The molecule has 1 aromatic heterocycles. The second kappa shape index (κ2) is 8.82. The summed E-state index contributed by atoms with van der Waals surface area (Å²) in [7, 11) is 0. The van der Waals surface area contributed by atoms with E-state index in [2.05, 4.69) is 0 Å². The van der Waals surface area contributed by atoms with Gasteiger partial charge in [0.1, 0.15) is 23.5 Å². The van der Waals surface area contributed by atoms with Gasteiger partial charge in [-0.1, -0.05) is 59.1 Å². The molecule has 4 aromatic rings. The number of furan rings is 1. The third kappa shape index (κ3) is 3.69. The number of benzene rings is 3. The monoisotopic (exact) mass is 518 g/mol. The van der Waals surface area contributed by atoms with Crippen molar-refractivity contribution in [2.24, 2.45) is 5.92 Å². The molecule has 6 rings (SSSR count). The molecule has 8 heteroatoms. The number of nitrogens with zero attached hydrogens (tertiary/aromatic N) is 2. The quantitative estimate of drug-likeness (QED) is 0.284. The highest BCUT2D eigenvalue weighted by atomic mass is 35.5. The first-order chi connectivity index (χ1) is 17.4. The fourth-order valence-electron chi connectivity index (χ4n) is 4.80. The van der Waals surface area contributed by atoms with E-state index in [-0.39, 0.29) is 5.91 Å². The van der Waals surface area contributed by atoms with Crippen molar-refractivity contribution in [3.8, 4) is 11.3 Å². The van der Waals surface area contributed by atoms with Gasteiger partial charge < -0.3 is 4.42 Å². The van der Waals surface area contributed by atoms with Gasteiger partial charge in [0.15, 0.2) is 6.10 Å². The summed E-state index contributed by atoms with van der Waals surface area (Å²) in [5.41, 5.74) is 2.93. The molecule has 0 spiro atoms. The van der Waals surface area contributed by atoms with Crippen LogP contribution in [0.15, 0.2) is 89.3 Å². The zero-order valence-electron chi connectivity index (χ0n) is 19.1. The van der Waals surface area contributed by atoms with Gasteiger partial charge in [0.25, 0.3) is 5.91 Å². The van der Waals surface area contributed by atoms with E-state index >= 15 is 0 Å². The Morgan fingerprint density at radius 3 is 2.28 bits per heavy atom. The van der Waals surface area contributed by atoms with Crippen LogP contribution in [0.4, 0.5) is 11.4 Å². The average Bonchev–Trinajstić information content (AvgIpc) is 3.56. The van der Waals surface area contributed by atoms with Crippen molar-refractivity contribution < 1.29 is 18.8 Å². The molecule has 2 amide bonds. The van der Waals surface area contributed by atoms with Crippen molar-refractivity contribution >= 4 is 46.4 Å². The van der Waals surface area contributed by atoms with Crippen LogP contribution in [0.5, 0.6) is 0 Å². The number of anilines is 2. The van der Waals surface area contributed by atoms with Crippen molar-refractivity contribution in [1.82, 2.24) is 0 Å². The van der Waals surface area contributed by atoms with E-state index in [9.17, 15) is 9.59 Å². The smallest absolute Gasteiger partial charge is 0.266 e. The summed E-state index contributed by atoms with van der Waals surface area (Å²) < 4.78 is 6.24. The minimum absolute atomic E-state index is 0.334. The lowest BCUT2D eigenvalue weighted by molar-refractivity contribution is -0.126. The predicted octanol–water partition coefficient (Wildman–Crippen LogP) is 6.61. The number of rotatable bonds is 4. The van der Waals surface area contributed by atoms with Gasteiger partial charge in [-0.25, -0.2) is 9.96 Å². The minimum Gasteiger partial charge on any atom is -0.459 e. The number of amides is 2. The number of carbonyl (C=O) groups excluding carboxylic acids is 2. The Kier molecular flexibility index (Phi) is 5.60. The molecule has 0 bridgehead atoms. The third-order valence-corrected chi connectivity index (χ3v) is 7.08. The maximum Gasteiger partial charge on any atom is 0.266 e. The fraction of sp³-hybridized carbons (Fsp3) is 0.143. The summed E-state index contributed by atoms with van der Waals surface area (Å²) in [6.07, 6.45) is -0.975. The highest BCUT2D eigenvalue weighted by molar-refractivity contribution is 6.36. The standard InChI is InChI=1S/C28H20Cl2N2O4/c1-16-7-10-18(11-8-16)31-27(33)24-25(32(36-26(24)28(31)34)19-5-3-2-4-6-19)23-14-13-22(35-23)20-12-9-17(29)15-21(20)30/h2-15,24-26H,1H3. The van der Waals surface area contributed by atoms with E-state index in [0.717, 1.165) is 5.56 Å². The lowest BCUT2D eigenvalue weighted by Crippen LogP contribution is -2.37. The Morgan fingerprint density at radius 2 is 1.56 bits per heavy atom. The van der Waals surface area contributed by atoms with Crippen molar-refractivity contribution in [2.45, 2.75) is 19.1 Å². The zero-order chi connectivity index (χ0) is 25.0. The van der Waals surface area contributed by atoms with Crippen LogP contribution in [0.1, 0.15) is 17.4 Å². The van der Waals surface area contributed by atoms with Crippen LogP contribution in [0.25, 0.3) is 11.3 Å². The molecule has 2 saturated heterocycles. The molecule has 2 aliphatic rings. The first kappa shape index (κ1) is 22.9. The summed E-state index contributed by atoms with van der Waals surface area (Å²) >= 11 is 12.5. The molecule has 0 radical (unpaired) electrons. The lowest BCUT2D eigenvalue weighted by Gasteiger charge is -2.27. The van der Waals surface area contributed by atoms with Crippen molar-refractivity contribution in [3.05, 3.63) is 106 Å². The van der Waals surface area contributed by atoms with Crippen LogP contribution in [0.2, 0.25) is 10.0 Å². The van der Waals surface area contributed by atoms with E-state index in [1.54, 1.807) is 47.5 Å². The molecular weight excluding hydrogens is 499 g/mol. The van der Waals surface area contributed by atoms with E-state index < -0.39 is 24.0 Å². The molecule has 3 unspecified atom stereocenters. The average molecular weight is 519 g/mol. The van der Waals surface area contributed by atoms with Gasteiger partial charge >= 0.3 is 0 Å². The highest BCUT2D eigenvalue weighted by Gasteiger charge is 2.61. The van der Waals surface area contributed by atoms with E-state index in [0.29, 0.717) is 38.5 Å². The Balaban J connectivity index is 1.42. The van der Waals surface area contributed by atoms with Gasteiger partial charge in [-0.05, 0) is 61.5 Å². The predicted molar refractivity (Wildman–Crippen MR) is 138 cm³/mol. The molecule has 180 valence electrons. The van der Waals surface area contributed by atoms with Crippen LogP contribution in [0, 0.1) is 12.8 Å². The van der Waals surface area contributed by atoms with Gasteiger partial charge in [-0.2, -0.15) is 0 Å². The number of fused-ring (bicyclic) bond motifs is 1. The molecule has 3 aromatic carbocycles. The molecule has 0 aliphatic carbocycles. The normalized spacial score (nSPS) is 21.4. The minimum atomic E-state index is -0.975. The summed E-state index contributed by atoms with van der Waals surface area (Å²) in [5.74, 6) is -0.516. The van der Waals surface area contributed by atoms with Crippen molar-refractivity contribution in [3.63, 3.8) is 0 Å². The maximum atomic E-state index is 13.7. The molecule has 2 fully saturated rings. The van der Waals surface area contributed by atoms with Crippen molar-refractivity contribution in [1.29, 1.82) is 0 Å². The van der Waals surface area contributed by atoms with Crippen LogP contribution >= 0.6 is 23.2 Å². The first-order valence-electron chi connectivity index (χ1n) is 11.4. The van der Waals surface area contributed by atoms with Crippen LogP contribution in [-0.2, 0) is 14.4 Å². The van der Waals surface area contributed by atoms with Crippen LogP contribution in [-0.4, -0.2) is 17.9 Å². The van der Waals surface area contributed by atoms with Gasteiger partial charge in [-0.15, -0.1) is 0 Å². The molecule has 36 heavy (non-hydrogen) atoms. The molecule has 0 saturated carbocycles. The van der Waals surface area contributed by atoms with Crippen LogP contribution < -0.4 is 9.96 Å². The molecular formula is C28H20Cl2N2O4. The second-order valence-electron chi connectivity index (χ2n) is 8.83. The maximum absolute atomic E-state index is 13.7. The Bertz CT molecular complexity index is 1470. The summed E-state index contributed by atoms with van der Waals surface area (Å²) in [4.78, 5) is 34.5. The number of hydrogen-bond donors (Lipinski definition) is 0. The Morgan fingerprint density at radius 1 is 0.806 bits per heavy atom. The van der Waals surface area contributed by atoms with Crippen molar-refractivity contribution in [2.75, 3.05) is 9.96 Å². The summed E-state index contributed by atoms with van der Waals surface area (Å²) in [6, 6.07) is 24.7. The first-order valence-corrected chi connectivity index (χ1v) is 12.2. The second-order valence-corrected chi connectivity index (χ2v) is 9.68. The zero-order valence-corrected chi connectivity index (χ0v) is 20.6. The topological polar surface area (TPSA) is 63.0 Å². The number of halogens is 2. The van der Waals surface area contributed by atoms with Crippen LogP contribution in [0.3, 0.4) is 0 Å². The van der Waals surface area contributed by atoms with Gasteiger partial charge in [0, 0.05) is 10.6 Å². The molecule has 2 aliphatic heterocycles. The van der Waals surface area contributed by atoms with Gasteiger partial charge in [-0.3, -0.25) is 14.4 Å². The number of carbonyl (C=O) groups is 2. The molecule has 6 nitrogen and oxygen atoms in total. The number of hydroxylamine groups is 1. The number of aryl methyl sites for hydroxylation is 1. The number of hydrogen-bond acceptors (Lipinski definition) is 5. The largest absolute Gasteiger partial charge is 0.459 e. The van der Waals surface area contributed by atoms with E-state index in [1.807, 2.05) is 49.4 Å². The number of imide groups is 1. The summed E-state index contributed by atoms with van der Waals surface area (Å²) in [5, 5.41) is 2.56. The lowest BCUT2D eigenvalue weighted by atomic mass is 9.94. The van der Waals surface area contributed by atoms with E-state index in [1.165, 1.54) is 4.90 Å². The van der Waals surface area contributed by atoms with Gasteiger partial charge in [0.2, 0.25) is 5.91 Å². The Hall–Kier alpha value is -3.58.